The lowest BCUT2D eigenvalue weighted by Gasteiger charge is -2.18. The van der Waals surface area contributed by atoms with Gasteiger partial charge in [-0.1, -0.05) is 270 Å². The quantitative estimate of drug-likeness (QED) is 0.0261. The average Bonchev–Trinajstić information content (AvgIpc) is 3.38. The second kappa shape index (κ2) is 59.1. The van der Waals surface area contributed by atoms with Crippen LogP contribution in [0.5, 0.6) is 0 Å². The van der Waals surface area contributed by atoms with E-state index in [0.717, 1.165) is 89.9 Å². The molecular weight excluding hydrogens is 889 g/mol. The van der Waals surface area contributed by atoms with Crippen LogP contribution >= 0.6 is 0 Å². The molecule has 0 amide bonds. The number of rotatable bonds is 51. The number of carbonyl (C=O) groups is 3. The molecule has 0 aromatic carbocycles. The molecule has 0 aliphatic heterocycles. The molecule has 0 radical (unpaired) electrons. The molecule has 6 heteroatoms. The van der Waals surface area contributed by atoms with Crippen LogP contribution < -0.4 is 0 Å². The highest BCUT2D eigenvalue weighted by molar-refractivity contribution is 5.71. The molecule has 0 N–H and O–H groups in total. The van der Waals surface area contributed by atoms with E-state index in [0.29, 0.717) is 19.3 Å². The van der Waals surface area contributed by atoms with Crippen LogP contribution in [0.15, 0.2) is 134 Å². The molecule has 72 heavy (non-hydrogen) atoms. The molecule has 0 heterocycles. The van der Waals surface area contributed by atoms with Crippen LogP contribution in [0.3, 0.4) is 0 Å². The number of hydrogen-bond acceptors (Lipinski definition) is 6. The second-order valence-electron chi connectivity index (χ2n) is 18.8. The number of unbranched alkanes of at least 4 members (excludes halogenated alkanes) is 18. The number of hydrogen-bond donors (Lipinski definition) is 0. The number of carbonyl (C=O) groups excluding carboxylic acids is 3. The van der Waals surface area contributed by atoms with Crippen LogP contribution in [0.1, 0.15) is 245 Å². The molecule has 0 rings (SSSR count). The zero-order chi connectivity index (χ0) is 52.2. The summed E-state index contributed by atoms with van der Waals surface area (Å²) in [4.78, 5) is 38.1. The van der Waals surface area contributed by atoms with Crippen molar-refractivity contribution in [1.82, 2.24) is 0 Å². The summed E-state index contributed by atoms with van der Waals surface area (Å²) in [7, 11) is 0. The first-order valence-corrected chi connectivity index (χ1v) is 29.2. The third-order valence-electron chi connectivity index (χ3n) is 11.9. The molecule has 0 saturated heterocycles. The van der Waals surface area contributed by atoms with Gasteiger partial charge in [0.15, 0.2) is 6.10 Å². The fourth-order valence-electron chi connectivity index (χ4n) is 7.64. The van der Waals surface area contributed by atoms with Crippen LogP contribution in [-0.2, 0) is 28.6 Å². The molecular formula is C66H106O6. The maximum Gasteiger partial charge on any atom is 0.306 e. The summed E-state index contributed by atoms with van der Waals surface area (Å²) >= 11 is 0. The monoisotopic (exact) mass is 995 g/mol. The molecule has 6 nitrogen and oxygen atoms in total. The molecule has 406 valence electrons. The Morgan fingerprint density at radius 1 is 0.292 bits per heavy atom. The van der Waals surface area contributed by atoms with Crippen molar-refractivity contribution in [2.24, 2.45) is 0 Å². The van der Waals surface area contributed by atoms with Crippen molar-refractivity contribution in [2.45, 2.75) is 252 Å². The second-order valence-corrected chi connectivity index (χ2v) is 18.8. The SMILES string of the molecule is CC/C=C\C/C=C\C/C=C\C/C=C\C/C=C\C/C=C\CCC(=O)OCC(COC(=O)CC/C=C\C/C=C\C/C=C\C/C=C\C/C=C\CC)OC(=O)CCCCCCCCCCCCCCCCCCCCC. The lowest BCUT2D eigenvalue weighted by atomic mass is 10.0. The van der Waals surface area contributed by atoms with E-state index in [4.69, 9.17) is 14.2 Å². The Balaban J connectivity index is 4.58. The van der Waals surface area contributed by atoms with Crippen molar-refractivity contribution in [3.63, 3.8) is 0 Å². The van der Waals surface area contributed by atoms with Crippen LogP contribution in [-0.4, -0.2) is 37.2 Å². The minimum atomic E-state index is -0.842. The van der Waals surface area contributed by atoms with Gasteiger partial charge in [-0.3, -0.25) is 14.4 Å². The minimum Gasteiger partial charge on any atom is -0.462 e. The van der Waals surface area contributed by atoms with Crippen LogP contribution in [0.25, 0.3) is 0 Å². The largest absolute Gasteiger partial charge is 0.462 e. The first-order chi connectivity index (χ1) is 35.5. The highest BCUT2D eigenvalue weighted by Crippen LogP contribution is 2.16. The third kappa shape index (κ3) is 56.5. The van der Waals surface area contributed by atoms with E-state index in [1.54, 1.807) is 0 Å². The number of ether oxygens (including phenoxy) is 3. The molecule has 0 aromatic heterocycles. The van der Waals surface area contributed by atoms with Gasteiger partial charge in [-0.25, -0.2) is 0 Å². The first kappa shape index (κ1) is 67.5. The van der Waals surface area contributed by atoms with Crippen molar-refractivity contribution in [1.29, 1.82) is 0 Å². The Kier molecular flexibility index (Phi) is 55.5. The fourth-order valence-corrected chi connectivity index (χ4v) is 7.64. The Morgan fingerprint density at radius 2 is 0.542 bits per heavy atom. The van der Waals surface area contributed by atoms with Gasteiger partial charge in [0.05, 0.1) is 0 Å². The zero-order valence-electron chi connectivity index (χ0n) is 46.4. The summed E-state index contributed by atoms with van der Waals surface area (Å²) in [6.45, 7) is 6.29. The summed E-state index contributed by atoms with van der Waals surface area (Å²) in [5.74, 6) is -1.10. The van der Waals surface area contributed by atoms with Gasteiger partial charge in [0.1, 0.15) is 13.2 Å². The van der Waals surface area contributed by atoms with Crippen LogP contribution in [0.2, 0.25) is 0 Å². The summed E-state index contributed by atoms with van der Waals surface area (Å²) in [6, 6.07) is 0. The Morgan fingerprint density at radius 3 is 0.819 bits per heavy atom. The van der Waals surface area contributed by atoms with E-state index in [1.807, 2.05) is 24.3 Å². The molecule has 1 unspecified atom stereocenters. The first-order valence-electron chi connectivity index (χ1n) is 29.2. The summed E-state index contributed by atoms with van der Waals surface area (Å²) in [6.07, 6.45) is 83.3. The van der Waals surface area contributed by atoms with E-state index in [1.165, 1.54) is 103 Å². The van der Waals surface area contributed by atoms with Gasteiger partial charge in [0.2, 0.25) is 0 Å². The van der Waals surface area contributed by atoms with Crippen LogP contribution in [0, 0.1) is 0 Å². The normalized spacial score (nSPS) is 13.1. The molecule has 0 fully saturated rings. The molecule has 1 atom stereocenters. The van der Waals surface area contributed by atoms with Gasteiger partial charge in [0.25, 0.3) is 0 Å². The summed E-state index contributed by atoms with van der Waals surface area (Å²) in [5.41, 5.74) is 0. The van der Waals surface area contributed by atoms with Gasteiger partial charge < -0.3 is 14.2 Å². The Hall–Kier alpha value is -4.45. The lowest BCUT2D eigenvalue weighted by Crippen LogP contribution is -2.30. The van der Waals surface area contributed by atoms with E-state index >= 15 is 0 Å². The Bertz CT molecular complexity index is 1560. The van der Waals surface area contributed by atoms with Gasteiger partial charge >= 0.3 is 17.9 Å². The molecule has 0 aliphatic carbocycles. The smallest absolute Gasteiger partial charge is 0.306 e. The van der Waals surface area contributed by atoms with Crippen molar-refractivity contribution < 1.29 is 28.6 Å². The van der Waals surface area contributed by atoms with E-state index in [9.17, 15) is 14.4 Å². The summed E-state index contributed by atoms with van der Waals surface area (Å²) < 4.78 is 16.7. The fraction of sp³-hybridized carbons (Fsp3) is 0.621. The van der Waals surface area contributed by atoms with Crippen molar-refractivity contribution in [3.05, 3.63) is 134 Å². The van der Waals surface area contributed by atoms with Crippen molar-refractivity contribution >= 4 is 17.9 Å². The average molecular weight is 996 g/mol. The zero-order valence-corrected chi connectivity index (χ0v) is 46.4. The predicted octanol–water partition coefficient (Wildman–Crippen LogP) is 19.8. The standard InChI is InChI=1S/C66H106O6/c1-4-7-10-13-16-19-22-25-28-31-33-35-38-41-44-47-50-53-56-59-65(68)71-62-63(61-70-64(67)58-55-52-49-46-43-40-37-30-27-24-21-18-15-12-9-6-3)72-66(69)60-57-54-51-48-45-42-39-36-34-32-29-26-23-20-17-14-11-8-5-2/h7,9-10,12,16,18-19,21,25,27-28,30,33,35,40-41,43-44,49-50,52-53,63H,4-6,8,11,13-15,17,20,22-24,26,29,31-32,34,36-39,42,45-48,51,54-62H2,1-3H3/b10-7-,12-9-,19-16-,21-18-,28-25-,30-27-,35-33-,43-40-,44-41-,52-49-,53-50-. The Labute approximate surface area is 443 Å². The lowest BCUT2D eigenvalue weighted by molar-refractivity contribution is -0.166. The van der Waals surface area contributed by atoms with Gasteiger partial charge in [0, 0.05) is 19.3 Å². The van der Waals surface area contributed by atoms with Gasteiger partial charge in [-0.05, 0) is 89.9 Å². The molecule has 0 saturated carbocycles. The van der Waals surface area contributed by atoms with Crippen molar-refractivity contribution in [2.75, 3.05) is 13.2 Å². The third-order valence-corrected chi connectivity index (χ3v) is 11.9. The predicted molar refractivity (Wildman–Crippen MR) is 311 cm³/mol. The molecule has 0 spiro atoms. The topological polar surface area (TPSA) is 78.9 Å². The molecule has 0 bridgehead atoms. The molecule has 0 aromatic rings. The van der Waals surface area contributed by atoms with Crippen molar-refractivity contribution in [3.8, 4) is 0 Å². The van der Waals surface area contributed by atoms with E-state index < -0.39 is 6.10 Å². The van der Waals surface area contributed by atoms with Gasteiger partial charge in [-0.15, -0.1) is 0 Å². The summed E-state index contributed by atoms with van der Waals surface area (Å²) in [5, 5.41) is 0. The minimum absolute atomic E-state index is 0.143. The number of allylic oxidation sites excluding steroid dienone is 22. The highest BCUT2D eigenvalue weighted by atomic mass is 16.6. The van der Waals surface area contributed by atoms with E-state index in [2.05, 4.69) is 130 Å². The van der Waals surface area contributed by atoms with Crippen LogP contribution in [0.4, 0.5) is 0 Å². The maximum absolute atomic E-state index is 12.9. The number of esters is 3. The van der Waals surface area contributed by atoms with Gasteiger partial charge in [-0.2, -0.15) is 0 Å². The maximum atomic E-state index is 12.9. The molecule has 0 aliphatic rings. The highest BCUT2D eigenvalue weighted by Gasteiger charge is 2.19. The van der Waals surface area contributed by atoms with E-state index in [-0.39, 0.29) is 44.0 Å².